The lowest BCUT2D eigenvalue weighted by Gasteiger charge is -2.26. The van der Waals surface area contributed by atoms with Crippen LogP contribution < -0.4 is 0 Å². The average molecular weight is 261 g/mol. The van der Waals surface area contributed by atoms with Crippen molar-refractivity contribution in [2.45, 2.75) is 30.6 Å². The number of halogens is 2. The van der Waals surface area contributed by atoms with E-state index in [9.17, 15) is 9.50 Å². The van der Waals surface area contributed by atoms with Gasteiger partial charge in [-0.25, -0.2) is 4.39 Å². The van der Waals surface area contributed by atoms with E-state index in [0.717, 1.165) is 17.7 Å². The Bertz CT molecular complexity index is 399. The molecule has 1 saturated heterocycles. The summed E-state index contributed by atoms with van der Waals surface area (Å²) in [6, 6.07) is 4.73. The van der Waals surface area contributed by atoms with Gasteiger partial charge in [-0.3, -0.25) is 0 Å². The summed E-state index contributed by atoms with van der Waals surface area (Å²) in [7, 11) is 0. The van der Waals surface area contributed by atoms with Crippen molar-refractivity contribution < 1.29 is 9.50 Å². The van der Waals surface area contributed by atoms with Gasteiger partial charge < -0.3 is 5.11 Å². The molecule has 4 heteroatoms. The number of rotatable bonds is 2. The largest absolute Gasteiger partial charge is 0.388 e. The summed E-state index contributed by atoms with van der Waals surface area (Å²) in [5.41, 5.74) is 0.101. The van der Waals surface area contributed by atoms with Gasteiger partial charge >= 0.3 is 0 Å². The molecule has 1 aromatic carbocycles. The van der Waals surface area contributed by atoms with Crippen molar-refractivity contribution in [3.8, 4) is 0 Å². The molecule has 0 bridgehead atoms. The first kappa shape index (κ1) is 12.2. The fraction of sp³-hybridized carbons (Fsp3) is 0.500. The minimum atomic E-state index is -0.703. The molecule has 1 aromatic rings. The van der Waals surface area contributed by atoms with E-state index in [1.807, 2.05) is 6.92 Å². The monoisotopic (exact) mass is 260 g/mol. The van der Waals surface area contributed by atoms with E-state index in [1.165, 1.54) is 6.07 Å². The molecule has 0 spiro atoms. The third kappa shape index (κ3) is 2.36. The molecule has 1 N–H and O–H groups in total. The lowest BCUT2D eigenvalue weighted by atomic mass is 9.89. The van der Waals surface area contributed by atoms with Gasteiger partial charge in [0.25, 0.3) is 0 Å². The number of aliphatic hydroxyl groups is 1. The Balaban J connectivity index is 2.17. The van der Waals surface area contributed by atoms with Crippen LogP contribution >= 0.6 is 23.4 Å². The fourth-order valence-corrected chi connectivity index (χ4v) is 3.46. The van der Waals surface area contributed by atoms with Crippen LogP contribution in [0.25, 0.3) is 0 Å². The molecule has 2 rings (SSSR count). The summed E-state index contributed by atoms with van der Waals surface area (Å²) in [5, 5.41) is 10.7. The van der Waals surface area contributed by atoms with Gasteiger partial charge in [0.2, 0.25) is 0 Å². The predicted molar refractivity (Wildman–Crippen MR) is 66.6 cm³/mol. The smallest absolute Gasteiger partial charge is 0.142 e. The van der Waals surface area contributed by atoms with Crippen LogP contribution in [0.5, 0.6) is 0 Å². The van der Waals surface area contributed by atoms with Crippen LogP contribution in [0.15, 0.2) is 18.2 Å². The van der Waals surface area contributed by atoms with E-state index in [-0.39, 0.29) is 10.3 Å². The molecule has 1 nitrogen and oxygen atoms in total. The van der Waals surface area contributed by atoms with Gasteiger partial charge in [0.1, 0.15) is 5.82 Å². The molecule has 0 radical (unpaired) electrons. The Kier molecular flexibility index (Phi) is 3.48. The van der Waals surface area contributed by atoms with E-state index in [4.69, 9.17) is 11.6 Å². The van der Waals surface area contributed by atoms with Gasteiger partial charge in [-0.2, -0.15) is 11.8 Å². The maximum absolute atomic E-state index is 13.3. The van der Waals surface area contributed by atoms with Crippen LogP contribution in [-0.2, 0) is 6.42 Å². The van der Waals surface area contributed by atoms with Gasteiger partial charge in [0.05, 0.1) is 10.6 Å². The SMILES string of the molecule is CC1SCCC1(O)Cc1ccc(Cl)c(F)c1. The number of hydrogen-bond donors (Lipinski definition) is 1. The molecule has 0 aromatic heterocycles. The molecule has 0 amide bonds. The summed E-state index contributed by atoms with van der Waals surface area (Å²) in [5.74, 6) is 0.550. The summed E-state index contributed by atoms with van der Waals surface area (Å²) >= 11 is 7.38. The first-order valence-electron chi connectivity index (χ1n) is 5.29. The van der Waals surface area contributed by atoms with E-state index >= 15 is 0 Å². The highest BCUT2D eigenvalue weighted by atomic mass is 35.5. The quantitative estimate of drug-likeness (QED) is 0.881. The highest BCUT2D eigenvalue weighted by Crippen LogP contribution is 2.38. The number of hydrogen-bond acceptors (Lipinski definition) is 2. The van der Waals surface area contributed by atoms with E-state index in [2.05, 4.69) is 0 Å². The lowest BCUT2D eigenvalue weighted by molar-refractivity contribution is 0.0464. The van der Waals surface area contributed by atoms with Crippen molar-refractivity contribution in [1.82, 2.24) is 0 Å². The summed E-state index contributed by atoms with van der Waals surface area (Å²) in [6.45, 7) is 2.02. The lowest BCUT2D eigenvalue weighted by Crippen LogP contribution is -2.36. The first-order chi connectivity index (χ1) is 7.51. The molecule has 2 unspecified atom stereocenters. The normalized spacial score (nSPS) is 29.6. The van der Waals surface area contributed by atoms with Gasteiger partial charge in [-0.1, -0.05) is 24.6 Å². The Morgan fingerprint density at radius 1 is 1.62 bits per heavy atom. The van der Waals surface area contributed by atoms with Crippen molar-refractivity contribution in [2.75, 3.05) is 5.75 Å². The molecular weight excluding hydrogens is 247 g/mol. The van der Waals surface area contributed by atoms with Crippen molar-refractivity contribution in [2.24, 2.45) is 0 Å². The van der Waals surface area contributed by atoms with Crippen LogP contribution in [0.4, 0.5) is 4.39 Å². The number of benzene rings is 1. The Hall–Kier alpha value is -0.250. The van der Waals surface area contributed by atoms with Gasteiger partial charge in [0.15, 0.2) is 0 Å². The second-order valence-electron chi connectivity index (χ2n) is 4.29. The van der Waals surface area contributed by atoms with Crippen LogP contribution in [0.2, 0.25) is 5.02 Å². The maximum Gasteiger partial charge on any atom is 0.142 e. The summed E-state index contributed by atoms with van der Waals surface area (Å²) in [6.07, 6.45) is 1.26. The van der Waals surface area contributed by atoms with E-state index in [0.29, 0.717) is 6.42 Å². The molecule has 0 aliphatic carbocycles. The third-order valence-corrected chi connectivity index (χ3v) is 4.84. The van der Waals surface area contributed by atoms with Crippen LogP contribution in [-0.4, -0.2) is 21.7 Å². The second kappa shape index (κ2) is 4.55. The van der Waals surface area contributed by atoms with Crippen molar-refractivity contribution in [3.63, 3.8) is 0 Å². The third-order valence-electron chi connectivity index (χ3n) is 3.15. The second-order valence-corrected chi connectivity index (χ2v) is 6.15. The Morgan fingerprint density at radius 3 is 2.94 bits per heavy atom. The molecule has 16 heavy (non-hydrogen) atoms. The maximum atomic E-state index is 13.3. The van der Waals surface area contributed by atoms with Crippen molar-refractivity contribution in [3.05, 3.63) is 34.6 Å². The van der Waals surface area contributed by atoms with Crippen LogP contribution in [0, 0.1) is 5.82 Å². The number of thioether (sulfide) groups is 1. The minimum Gasteiger partial charge on any atom is -0.388 e. The molecule has 1 fully saturated rings. The first-order valence-corrected chi connectivity index (χ1v) is 6.72. The Morgan fingerprint density at radius 2 is 2.38 bits per heavy atom. The highest BCUT2D eigenvalue weighted by molar-refractivity contribution is 8.00. The molecule has 2 atom stereocenters. The summed E-state index contributed by atoms with van der Waals surface area (Å²) < 4.78 is 13.3. The van der Waals surface area contributed by atoms with Crippen molar-refractivity contribution >= 4 is 23.4 Å². The average Bonchev–Trinajstić information content (AvgIpc) is 2.53. The fourth-order valence-electron chi connectivity index (χ4n) is 2.01. The topological polar surface area (TPSA) is 20.2 Å². The van der Waals surface area contributed by atoms with Gasteiger partial charge in [-0.15, -0.1) is 0 Å². The minimum absolute atomic E-state index is 0.129. The molecule has 1 heterocycles. The molecule has 1 aliphatic heterocycles. The van der Waals surface area contributed by atoms with E-state index in [1.54, 1.807) is 23.9 Å². The van der Waals surface area contributed by atoms with Gasteiger partial charge in [0, 0.05) is 11.7 Å². The van der Waals surface area contributed by atoms with Crippen LogP contribution in [0.3, 0.4) is 0 Å². The zero-order valence-electron chi connectivity index (χ0n) is 9.04. The molecule has 1 aliphatic rings. The zero-order valence-corrected chi connectivity index (χ0v) is 10.6. The highest BCUT2D eigenvalue weighted by Gasteiger charge is 2.38. The Labute approximate surface area is 104 Å². The standard InChI is InChI=1S/C12H14ClFOS/c1-8-12(15,4-5-16-8)7-9-2-3-10(13)11(14)6-9/h2-3,6,8,15H,4-5,7H2,1H3. The van der Waals surface area contributed by atoms with Crippen LogP contribution in [0.1, 0.15) is 18.9 Å². The van der Waals surface area contributed by atoms with Gasteiger partial charge in [-0.05, 0) is 29.9 Å². The molecular formula is C12H14ClFOS. The predicted octanol–water partition coefficient (Wildman–Crippen LogP) is 3.28. The molecule has 88 valence electrons. The molecule has 0 saturated carbocycles. The van der Waals surface area contributed by atoms with Crippen molar-refractivity contribution in [1.29, 1.82) is 0 Å². The van der Waals surface area contributed by atoms with E-state index < -0.39 is 11.4 Å². The zero-order chi connectivity index (χ0) is 11.8. The summed E-state index contributed by atoms with van der Waals surface area (Å²) in [4.78, 5) is 0.